The van der Waals surface area contributed by atoms with Crippen molar-refractivity contribution in [2.75, 3.05) is 26.2 Å². The van der Waals surface area contributed by atoms with Crippen molar-refractivity contribution in [1.29, 1.82) is 0 Å². The number of imidazole rings is 1. The van der Waals surface area contributed by atoms with Crippen LogP contribution in [0.3, 0.4) is 0 Å². The quantitative estimate of drug-likeness (QED) is 0.355. The van der Waals surface area contributed by atoms with Crippen LogP contribution in [0, 0.1) is 0 Å². The number of methoxy groups -OCH3 is 2. The van der Waals surface area contributed by atoms with Crippen molar-refractivity contribution in [3.63, 3.8) is 0 Å². The number of ether oxygens (including phenoxy) is 2. The van der Waals surface area contributed by atoms with Crippen LogP contribution in [0.5, 0.6) is 11.5 Å². The van der Waals surface area contributed by atoms with Gasteiger partial charge in [-0.2, -0.15) is 4.98 Å². The second-order valence-corrected chi connectivity index (χ2v) is 7.50. The summed E-state index contributed by atoms with van der Waals surface area (Å²) in [5.41, 5.74) is 4.10. The zero-order valence-electron chi connectivity index (χ0n) is 18.6. The molecule has 0 bridgehead atoms. The van der Waals surface area contributed by atoms with E-state index in [4.69, 9.17) is 23.9 Å². The van der Waals surface area contributed by atoms with Gasteiger partial charge in [-0.15, -0.1) is 0 Å². The third-order valence-electron chi connectivity index (χ3n) is 5.48. The Morgan fingerprint density at radius 2 is 1.61 bits per heavy atom. The maximum absolute atomic E-state index is 5.66. The predicted octanol–water partition coefficient (Wildman–Crippen LogP) is 4.92. The molecule has 166 valence electrons. The van der Waals surface area contributed by atoms with E-state index in [-0.39, 0.29) is 0 Å². The highest BCUT2D eigenvalue weighted by Gasteiger charge is 2.19. The van der Waals surface area contributed by atoms with Gasteiger partial charge in [0.15, 0.2) is 11.4 Å². The Morgan fingerprint density at radius 1 is 0.909 bits per heavy atom. The Morgan fingerprint density at radius 3 is 2.24 bits per heavy atom. The van der Waals surface area contributed by atoms with Crippen LogP contribution in [0.2, 0.25) is 0 Å². The summed E-state index contributed by atoms with van der Waals surface area (Å²) in [6, 6.07) is 19.4. The summed E-state index contributed by atoms with van der Waals surface area (Å²) >= 11 is 0. The lowest BCUT2D eigenvalue weighted by Gasteiger charge is -2.18. The van der Waals surface area contributed by atoms with E-state index in [9.17, 15) is 0 Å². The summed E-state index contributed by atoms with van der Waals surface area (Å²) in [5, 5.41) is 0. The fourth-order valence-corrected chi connectivity index (χ4v) is 3.63. The number of fused-ring (bicyclic) bond motifs is 1. The summed E-state index contributed by atoms with van der Waals surface area (Å²) in [7, 11) is 5.24. The Kier molecular flexibility index (Phi) is 5.40. The van der Waals surface area contributed by atoms with Crippen LogP contribution in [0.15, 0.2) is 77.7 Å². The standard InChI is InChI=1S/C25H23N5O3/c1-29(18-8-12-20(32-3)13-9-18)25-27-22(21-5-4-14-33-21)23-24(28-25)30(16-26-23)15-17-6-10-19(31-2)11-7-17/h4-14,16H,15H2,1-3H3. The monoisotopic (exact) mass is 441 g/mol. The minimum absolute atomic E-state index is 0.538. The van der Waals surface area contributed by atoms with Crippen LogP contribution in [-0.4, -0.2) is 40.8 Å². The minimum atomic E-state index is 0.538. The Labute approximate surface area is 191 Å². The summed E-state index contributed by atoms with van der Waals surface area (Å²) in [6.45, 7) is 0.612. The molecule has 0 aliphatic rings. The Hall–Kier alpha value is -4.33. The van der Waals surface area contributed by atoms with E-state index in [1.807, 2.05) is 77.2 Å². The first-order valence-electron chi connectivity index (χ1n) is 10.4. The van der Waals surface area contributed by atoms with Gasteiger partial charge in [-0.05, 0) is 54.1 Å². The largest absolute Gasteiger partial charge is 0.497 e. The summed E-state index contributed by atoms with van der Waals surface area (Å²) in [5.74, 6) is 2.79. The molecular weight excluding hydrogens is 418 g/mol. The van der Waals surface area contributed by atoms with Crippen LogP contribution in [0.25, 0.3) is 22.6 Å². The van der Waals surface area contributed by atoms with Crippen molar-refractivity contribution in [2.24, 2.45) is 0 Å². The van der Waals surface area contributed by atoms with Gasteiger partial charge in [0.05, 0.1) is 33.4 Å². The molecule has 0 N–H and O–H groups in total. The molecule has 0 aliphatic carbocycles. The molecule has 0 fully saturated rings. The lowest BCUT2D eigenvalue weighted by atomic mass is 10.2. The van der Waals surface area contributed by atoms with E-state index in [1.165, 1.54) is 0 Å². The maximum atomic E-state index is 5.66. The van der Waals surface area contributed by atoms with E-state index >= 15 is 0 Å². The van der Waals surface area contributed by atoms with E-state index in [2.05, 4.69) is 4.98 Å². The van der Waals surface area contributed by atoms with Gasteiger partial charge in [-0.1, -0.05) is 12.1 Å². The van der Waals surface area contributed by atoms with Crippen LogP contribution >= 0.6 is 0 Å². The summed E-state index contributed by atoms with van der Waals surface area (Å²) < 4.78 is 18.2. The molecule has 0 saturated heterocycles. The van der Waals surface area contributed by atoms with Crippen molar-refractivity contribution in [3.8, 4) is 23.0 Å². The van der Waals surface area contributed by atoms with Gasteiger partial charge in [0, 0.05) is 12.7 Å². The molecule has 8 nitrogen and oxygen atoms in total. The molecule has 0 atom stereocenters. The van der Waals surface area contributed by atoms with E-state index < -0.39 is 0 Å². The second kappa shape index (κ2) is 8.66. The number of benzene rings is 2. The highest BCUT2D eigenvalue weighted by Crippen LogP contribution is 2.30. The fourth-order valence-electron chi connectivity index (χ4n) is 3.63. The number of anilines is 2. The number of nitrogens with zero attached hydrogens (tertiary/aromatic N) is 5. The molecule has 5 aromatic rings. The van der Waals surface area contributed by atoms with Crippen LogP contribution in [0.4, 0.5) is 11.6 Å². The molecule has 8 heteroatoms. The van der Waals surface area contributed by atoms with Crippen LogP contribution < -0.4 is 14.4 Å². The number of hydrogen-bond donors (Lipinski definition) is 0. The topological polar surface area (TPSA) is 78.4 Å². The van der Waals surface area contributed by atoms with Gasteiger partial charge in [0.25, 0.3) is 0 Å². The van der Waals surface area contributed by atoms with Crippen molar-refractivity contribution in [2.45, 2.75) is 6.54 Å². The fraction of sp³-hybridized carbons (Fsp3) is 0.160. The molecular formula is C25H23N5O3. The molecule has 0 unspecified atom stereocenters. The van der Waals surface area contributed by atoms with Gasteiger partial charge in [0.1, 0.15) is 22.7 Å². The van der Waals surface area contributed by atoms with E-state index in [0.717, 1.165) is 28.4 Å². The van der Waals surface area contributed by atoms with Crippen LogP contribution in [-0.2, 0) is 6.54 Å². The molecule has 5 rings (SSSR count). The third-order valence-corrected chi connectivity index (χ3v) is 5.48. The number of aromatic nitrogens is 4. The minimum Gasteiger partial charge on any atom is -0.497 e. The predicted molar refractivity (Wildman–Crippen MR) is 126 cm³/mol. The molecule has 0 spiro atoms. The summed E-state index contributed by atoms with van der Waals surface area (Å²) in [4.78, 5) is 16.2. The first kappa shape index (κ1) is 20.6. The van der Waals surface area contributed by atoms with Gasteiger partial charge >= 0.3 is 0 Å². The highest BCUT2D eigenvalue weighted by atomic mass is 16.5. The van der Waals surface area contributed by atoms with Gasteiger partial charge in [-0.3, -0.25) is 0 Å². The first-order valence-corrected chi connectivity index (χ1v) is 10.4. The SMILES string of the molecule is COc1ccc(Cn2cnc3c(-c4ccco4)nc(N(C)c4ccc(OC)cc4)nc32)cc1. The zero-order valence-corrected chi connectivity index (χ0v) is 18.6. The molecule has 2 aromatic carbocycles. The second-order valence-electron chi connectivity index (χ2n) is 7.50. The van der Waals surface area contributed by atoms with Crippen molar-refractivity contribution >= 4 is 22.8 Å². The van der Waals surface area contributed by atoms with Crippen molar-refractivity contribution in [3.05, 3.63) is 78.8 Å². The lowest BCUT2D eigenvalue weighted by Crippen LogP contribution is -2.14. The van der Waals surface area contributed by atoms with Gasteiger partial charge in [-0.25, -0.2) is 9.97 Å². The normalized spacial score (nSPS) is 11.0. The molecule has 33 heavy (non-hydrogen) atoms. The molecule has 3 heterocycles. The number of rotatable bonds is 7. The summed E-state index contributed by atoms with van der Waals surface area (Å²) in [6.07, 6.45) is 3.41. The average molecular weight is 441 g/mol. The van der Waals surface area contributed by atoms with Crippen molar-refractivity contribution < 1.29 is 13.9 Å². The molecule has 0 saturated carbocycles. The maximum Gasteiger partial charge on any atom is 0.232 e. The van der Waals surface area contributed by atoms with Crippen LogP contribution in [0.1, 0.15) is 5.56 Å². The molecule has 3 aromatic heterocycles. The highest BCUT2D eigenvalue weighted by molar-refractivity contribution is 5.87. The van der Waals surface area contributed by atoms with Crippen molar-refractivity contribution in [1.82, 2.24) is 19.5 Å². The first-order chi connectivity index (χ1) is 16.2. The Bertz CT molecular complexity index is 1360. The smallest absolute Gasteiger partial charge is 0.232 e. The Balaban J connectivity index is 1.59. The number of hydrogen-bond acceptors (Lipinski definition) is 7. The molecule has 0 aliphatic heterocycles. The van der Waals surface area contributed by atoms with E-state index in [0.29, 0.717) is 29.5 Å². The lowest BCUT2D eigenvalue weighted by molar-refractivity contribution is 0.414. The average Bonchev–Trinajstić information content (AvgIpc) is 3.54. The zero-order chi connectivity index (χ0) is 22.8. The van der Waals surface area contributed by atoms with Gasteiger partial charge in [0.2, 0.25) is 5.95 Å². The van der Waals surface area contributed by atoms with E-state index in [1.54, 1.807) is 26.8 Å². The molecule has 0 radical (unpaired) electrons. The number of furan rings is 1. The van der Waals surface area contributed by atoms with Gasteiger partial charge < -0.3 is 23.4 Å². The molecule has 0 amide bonds. The third kappa shape index (κ3) is 3.98.